The maximum absolute atomic E-state index is 5.81. The number of nitrogen functional groups attached to an aromatic ring is 1. The fraction of sp³-hybridized carbons (Fsp3) is 0.200. The van der Waals surface area contributed by atoms with Crippen LogP contribution in [0, 0.1) is 12.3 Å². The number of terminal acetylenes is 1. The molecule has 0 fully saturated rings. The van der Waals surface area contributed by atoms with Crippen LogP contribution >= 0.6 is 15.9 Å². The minimum absolute atomic E-state index is 0.0995. The molecule has 0 spiro atoms. The number of nitrogens with two attached hydrogens (primary N) is 2. The maximum Gasteiger partial charge on any atom is 0.0589 e. The molecule has 0 aliphatic heterocycles. The Morgan fingerprint density at radius 2 is 2.29 bits per heavy atom. The predicted octanol–water partition coefficient (Wildman–Crippen LogP) is 1.56. The average molecular weight is 254 g/mol. The third kappa shape index (κ3) is 2.48. The summed E-state index contributed by atoms with van der Waals surface area (Å²) < 4.78 is 0.957. The lowest BCUT2D eigenvalue weighted by atomic mass is 10.0. The molecule has 1 aromatic carbocycles. The van der Waals surface area contributed by atoms with Crippen molar-refractivity contribution in [2.45, 2.75) is 12.5 Å². The molecule has 0 aliphatic rings. The molecule has 14 heavy (non-hydrogen) atoms. The summed E-state index contributed by atoms with van der Waals surface area (Å²) in [6.45, 7) is 0. The zero-order valence-corrected chi connectivity index (χ0v) is 9.21. The van der Waals surface area contributed by atoms with Gasteiger partial charge in [-0.05, 0) is 23.8 Å². The second-order valence-electron chi connectivity index (χ2n) is 2.90. The van der Waals surface area contributed by atoms with Crippen molar-refractivity contribution in [3.8, 4) is 12.3 Å². The van der Waals surface area contributed by atoms with Crippen LogP contribution in [0.3, 0.4) is 0 Å². The second-order valence-corrected chi connectivity index (χ2v) is 3.82. The molecule has 3 nitrogen and oxygen atoms in total. The molecular weight excluding hydrogens is 242 g/mol. The monoisotopic (exact) mass is 253 g/mol. The molecule has 0 bridgehead atoms. The van der Waals surface area contributed by atoms with E-state index >= 15 is 0 Å². The van der Waals surface area contributed by atoms with E-state index in [4.69, 9.17) is 18.0 Å². The molecule has 1 aromatic rings. The minimum Gasteiger partial charge on any atom is -0.398 e. The molecule has 1 atom stereocenters. The smallest absolute Gasteiger partial charge is 0.0589 e. The van der Waals surface area contributed by atoms with Crippen LogP contribution in [0.2, 0.25) is 0 Å². The van der Waals surface area contributed by atoms with Gasteiger partial charge in [0.05, 0.1) is 6.04 Å². The molecule has 0 radical (unpaired) electrons. The van der Waals surface area contributed by atoms with Crippen molar-refractivity contribution < 1.29 is 0 Å². The SMILES string of the molecule is C#CCC(NN)c1cc(Br)ccc1N. The molecule has 0 aromatic heterocycles. The van der Waals surface area contributed by atoms with Gasteiger partial charge in [-0.2, -0.15) is 0 Å². The van der Waals surface area contributed by atoms with Gasteiger partial charge in [0.25, 0.3) is 0 Å². The molecule has 0 heterocycles. The van der Waals surface area contributed by atoms with Gasteiger partial charge in [0.2, 0.25) is 0 Å². The Labute approximate surface area is 92.0 Å². The first-order valence-electron chi connectivity index (χ1n) is 4.13. The van der Waals surface area contributed by atoms with Crippen LogP contribution in [-0.4, -0.2) is 0 Å². The van der Waals surface area contributed by atoms with Crippen molar-refractivity contribution in [2.24, 2.45) is 5.84 Å². The van der Waals surface area contributed by atoms with Crippen molar-refractivity contribution in [3.63, 3.8) is 0 Å². The van der Waals surface area contributed by atoms with E-state index in [1.165, 1.54) is 0 Å². The summed E-state index contributed by atoms with van der Waals surface area (Å²) in [5, 5.41) is 0. The lowest BCUT2D eigenvalue weighted by Gasteiger charge is -2.15. The van der Waals surface area contributed by atoms with Gasteiger partial charge < -0.3 is 5.73 Å². The van der Waals surface area contributed by atoms with E-state index < -0.39 is 0 Å². The van der Waals surface area contributed by atoms with E-state index in [9.17, 15) is 0 Å². The first-order valence-corrected chi connectivity index (χ1v) is 4.93. The summed E-state index contributed by atoms with van der Waals surface area (Å²) in [6, 6.07) is 5.51. The fourth-order valence-corrected chi connectivity index (χ4v) is 1.60. The quantitative estimate of drug-likeness (QED) is 0.332. The number of hydrazine groups is 1. The largest absolute Gasteiger partial charge is 0.398 e. The highest BCUT2D eigenvalue weighted by atomic mass is 79.9. The summed E-state index contributed by atoms with van der Waals surface area (Å²) >= 11 is 3.37. The third-order valence-corrected chi connectivity index (χ3v) is 2.44. The van der Waals surface area contributed by atoms with E-state index in [-0.39, 0.29) is 6.04 Å². The Kier molecular flexibility index (Phi) is 3.96. The molecule has 0 aliphatic carbocycles. The van der Waals surface area contributed by atoms with Crippen LogP contribution in [0.25, 0.3) is 0 Å². The van der Waals surface area contributed by atoms with Gasteiger partial charge in [-0.1, -0.05) is 15.9 Å². The van der Waals surface area contributed by atoms with E-state index in [1.807, 2.05) is 18.2 Å². The van der Waals surface area contributed by atoms with Crippen molar-refractivity contribution in [1.29, 1.82) is 0 Å². The molecule has 5 N–H and O–H groups in total. The number of anilines is 1. The van der Waals surface area contributed by atoms with Crippen LogP contribution in [0.4, 0.5) is 5.69 Å². The van der Waals surface area contributed by atoms with Gasteiger partial charge in [0.1, 0.15) is 0 Å². The summed E-state index contributed by atoms with van der Waals surface area (Å²) in [5.74, 6) is 7.94. The lowest BCUT2D eigenvalue weighted by molar-refractivity contribution is 0.569. The Morgan fingerprint density at radius 3 is 2.86 bits per heavy atom. The minimum atomic E-state index is -0.0995. The van der Waals surface area contributed by atoms with E-state index in [0.717, 1.165) is 10.0 Å². The number of hydrogen-bond donors (Lipinski definition) is 3. The van der Waals surface area contributed by atoms with Crippen LogP contribution in [0.1, 0.15) is 18.0 Å². The molecule has 74 valence electrons. The van der Waals surface area contributed by atoms with E-state index in [0.29, 0.717) is 12.1 Å². The van der Waals surface area contributed by atoms with Crippen LogP contribution in [-0.2, 0) is 0 Å². The van der Waals surface area contributed by atoms with Gasteiger partial charge in [0, 0.05) is 16.6 Å². The van der Waals surface area contributed by atoms with Crippen molar-refractivity contribution >= 4 is 21.6 Å². The van der Waals surface area contributed by atoms with Gasteiger partial charge in [-0.15, -0.1) is 12.3 Å². The van der Waals surface area contributed by atoms with Crippen molar-refractivity contribution in [1.82, 2.24) is 5.43 Å². The van der Waals surface area contributed by atoms with Gasteiger partial charge >= 0.3 is 0 Å². The average Bonchev–Trinajstić information content (AvgIpc) is 2.18. The summed E-state index contributed by atoms with van der Waals surface area (Å²) in [6.07, 6.45) is 5.74. The predicted molar refractivity (Wildman–Crippen MR) is 62.1 cm³/mol. The van der Waals surface area contributed by atoms with Crippen molar-refractivity contribution in [2.75, 3.05) is 5.73 Å². The van der Waals surface area contributed by atoms with Crippen LogP contribution in [0.15, 0.2) is 22.7 Å². The zero-order chi connectivity index (χ0) is 10.6. The Balaban J connectivity index is 3.03. The highest BCUT2D eigenvalue weighted by Gasteiger charge is 2.11. The Hall–Kier alpha value is -1.02. The first kappa shape index (κ1) is 11.1. The van der Waals surface area contributed by atoms with Gasteiger partial charge in [-0.25, -0.2) is 0 Å². The van der Waals surface area contributed by atoms with Gasteiger partial charge in [-0.3, -0.25) is 11.3 Å². The van der Waals surface area contributed by atoms with E-state index in [2.05, 4.69) is 27.3 Å². The second kappa shape index (κ2) is 5.01. The summed E-state index contributed by atoms with van der Waals surface area (Å²) in [5.41, 5.74) is 10.1. The molecule has 0 saturated heterocycles. The number of halogens is 1. The number of hydrogen-bond acceptors (Lipinski definition) is 3. The first-order chi connectivity index (χ1) is 6.69. The standard InChI is InChI=1S/C10H12BrN3/c1-2-3-10(14-13)8-6-7(11)4-5-9(8)12/h1,4-6,10,14H,3,12-13H2. The zero-order valence-electron chi connectivity index (χ0n) is 7.63. The molecule has 4 heteroatoms. The van der Waals surface area contributed by atoms with Crippen LogP contribution < -0.4 is 17.0 Å². The maximum atomic E-state index is 5.81. The van der Waals surface area contributed by atoms with Gasteiger partial charge in [0.15, 0.2) is 0 Å². The molecule has 0 saturated carbocycles. The highest BCUT2D eigenvalue weighted by Crippen LogP contribution is 2.25. The fourth-order valence-electron chi connectivity index (χ4n) is 1.22. The van der Waals surface area contributed by atoms with Crippen molar-refractivity contribution in [3.05, 3.63) is 28.2 Å². The number of nitrogens with one attached hydrogen (secondary N) is 1. The lowest BCUT2D eigenvalue weighted by Crippen LogP contribution is -2.28. The number of benzene rings is 1. The summed E-state index contributed by atoms with van der Waals surface area (Å²) in [7, 11) is 0. The summed E-state index contributed by atoms with van der Waals surface area (Å²) in [4.78, 5) is 0. The van der Waals surface area contributed by atoms with Crippen LogP contribution in [0.5, 0.6) is 0 Å². The molecule has 1 rings (SSSR count). The third-order valence-electron chi connectivity index (χ3n) is 1.95. The normalized spacial score (nSPS) is 12.1. The molecular formula is C10H12BrN3. The Bertz CT molecular complexity index is 357. The topological polar surface area (TPSA) is 64.1 Å². The Morgan fingerprint density at radius 1 is 1.57 bits per heavy atom. The van der Waals surface area contributed by atoms with E-state index in [1.54, 1.807) is 0 Å². The highest BCUT2D eigenvalue weighted by molar-refractivity contribution is 9.10. The number of rotatable bonds is 3. The molecule has 1 unspecified atom stereocenters. The molecule has 0 amide bonds.